The summed E-state index contributed by atoms with van der Waals surface area (Å²) in [6, 6.07) is 7.16. The van der Waals surface area contributed by atoms with E-state index in [1.54, 1.807) is 24.3 Å². The van der Waals surface area contributed by atoms with Crippen molar-refractivity contribution in [3.8, 4) is 5.75 Å². The van der Waals surface area contributed by atoms with Gasteiger partial charge in [0, 0.05) is 5.39 Å². The molecule has 0 amide bonds. The number of hydrogen-bond acceptors (Lipinski definition) is 4. The molecule has 0 aromatic heterocycles. The lowest BCUT2D eigenvalue weighted by molar-refractivity contribution is -0.174. The number of fused-ring (bicyclic) bond motifs is 1. The van der Waals surface area contributed by atoms with Gasteiger partial charge in [-0.05, 0) is 23.9 Å². The molecule has 4 nitrogen and oxygen atoms in total. The number of rotatable bonds is 4. The van der Waals surface area contributed by atoms with E-state index in [1.165, 1.54) is 19.1 Å². The standard InChI is InChI=1S/C15H15F2NO3.ClH/c1-2-21-14(20)15(16,17)13(18)11-7-8-12(19)10-6-4-3-5-9(10)11;/h3-8,13,19H,2,18H2,1H3;1H/t13-;/m0./s1. The highest BCUT2D eigenvalue weighted by atomic mass is 35.5. The lowest BCUT2D eigenvalue weighted by Gasteiger charge is -2.23. The summed E-state index contributed by atoms with van der Waals surface area (Å²) in [6.07, 6.45) is 0. The number of aromatic hydroxyl groups is 1. The molecule has 0 heterocycles. The van der Waals surface area contributed by atoms with Crippen molar-refractivity contribution in [3.63, 3.8) is 0 Å². The maximum absolute atomic E-state index is 14.0. The Morgan fingerprint density at radius 2 is 1.86 bits per heavy atom. The zero-order chi connectivity index (χ0) is 15.6. The Morgan fingerprint density at radius 3 is 2.45 bits per heavy atom. The van der Waals surface area contributed by atoms with Crippen LogP contribution in [0.2, 0.25) is 0 Å². The van der Waals surface area contributed by atoms with Gasteiger partial charge in [0.05, 0.1) is 6.61 Å². The van der Waals surface area contributed by atoms with E-state index in [2.05, 4.69) is 4.74 Å². The summed E-state index contributed by atoms with van der Waals surface area (Å²) in [4.78, 5) is 11.4. The monoisotopic (exact) mass is 331 g/mol. The van der Waals surface area contributed by atoms with Crippen molar-refractivity contribution < 1.29 is 23.4 Å². The number of esters is 1. The quantitative estimate of drug-likeness (QED) is 0.844. The Labute approximate surface area is 132 Å². The molecule has 22 heavy (non-hydrogen) atoms. The first kappa shape index (κ1) is 18.1. The van der Waals surface area contributed by atoms with Gasteiger partial charge in [-0.15, -0.1) is 12.4 Å². The van der Waals surface area contributed by atoms with Crippen molar-refractivity contribution in [3.05, 3.63) is 42.0 Å². The van der Waals surface area contributed by atoms with Crippen LogP contribution in [0.5, 0.6) is 5.75 Å². The van der Waals surface area contributed by atoms with Gasteiger partial charge in [-0.3, -0.25) is 0 Å². The van der Waals surface area contributed by atoms with Gasteiger partial charge >= 0.3 is 11.9 Å². The van der Waals surface area contributed by atoms with E-state index >= 15 is 0 Å². The van der Waals surface area contributed by atoms with Gasteiger partial charge in [-0.2, -0.15) is 8.78 Å². The number of carbonyl (C=O) groups excluding carboxylic acids is 1. The minimum Gasteiger partial charge on any atom is -0.507 e. The normalized spacial score (nSPS) is 12.5. The third-order valence-corrected chi connectivity index (χ3v) is 3.21. The van der Waals surface area contributed by atoms with Crippen LogP contribution in [-0.4, -0.2) is 23.6 Å². The molecule has 0 aliphatic heterocycles. The van der Waals surface area contributed by atoms with Crippen molar-refractivity contribution >= 4 is 29.1 Å². The van der Waals surface area contributed by atoms with Gasteiger partial charge in [-0.25, -0.2) is 4.79 Å². The van der Waals surface area contributed by atoms with Crippen molar-refractivity contribution in [1.82, 2.24) is 0 Å². The highest BCUT2D eigenvalue weighted by Crippen LogP contribution is 2.36. The van der Waals surface area contributed by atoms with Gasteiger partial charge in [0.1, 0.15) is 11.8 Å². The number of alkyl halides is 2. The molecule has 3 N–H and O–H groups in total. The van der Waals surface area contributed by atoms with Crippen LogP contribution in [0.25, 0.3) is 10.8 Å². The molecule has 0 bridgehead atoms. The first-order chi connectivity index (χ1) is 9.89. The fraction of sp³-hybridized carbons (Fsp3) is 0.267. The molecule has 0 spiro atoms. The molecule has 0 aliphatic carbocycles. The van der Waals surface area contributed by atoms with Crippen LogP contribution in [0.1, 0.15) is 18.5 Å². The Bertz CT molecular complexity index is 679. The molecule has 0 fully saturated rings. The second-order valence-corrected chi connectivity index (χ2v) is 4.54. The summed E-state index contributed by atoms with van der Waals surface area (Å²) in [5.74, 6) is -5.55. The molecule has 0 aliphatic rings. The fourth-order valence-electron chi connectivity index (χ4n) is 2.13. The molecule has 0 saturated carbocycles. The van der Waals surface area contributed by atoms with Crippen LogP contribution in [0, 0.1) is 0 Å². The van der Waals surface area contributed by atoms with E-state index in [-0.39, 0.29) is 30.3 Å². The average Bonchev–Trinajstić information content (AvgIpc) is 2.47. The molecule has 2 aromatic rings. The Balaban J connectivity index is 0.00000242. The first-order valence-electron chi connectivity index (χ1n) is 6.40. The van der Waals surface area contributed by atoms with E-state index in [0.29, 0.717) is 10.8 Å². The second-order valence-electron chi connectivity index (χ2n) is 4.54. The number of ether oxygens (including phenoxy) is 1. The van der Waals surface area contributed by atoms with Gasteiger partial charge in [0.25, 0.3) is 0 Å². The average molecular weight is 332 g/mol. The molecule has 1 atom stereocenters. The summed E-state index contributed by atoms with van der Waals surface area (Å²) in [6.45, 7) is 1.28. The van der Waals surface area contributed by atoms with Gasteiger partial charge in [0.15, 0.2) is 0 Å². The van der Waals surface area contributed by atoms with Crippen molar-refractivity contribution in [2.75, 3.05) is 6.61 Å². The molecular weight excluding hydrogens is 316 g/mol. The molecule has 2 aromatic carbocycles. The lowest BCUT2D eigenvalue weighted by Crippen LogP contribution is -2.41. The van der Waals surface area contributed by atoms with Gasteiger partial charge < -0.3 is 15.6 Å². The van der Waals surface area contributed by atoms with Gasteiger partial charge in [-0.1, -0.05) is 30.3 Å². The van der Waals surface area contributed by atoms with E-state index in [9.17, 15) is 18.7 Å². The molecule has 0 radical (unpaired) electrons. The summed E-state index contributed by atoms with van der Waals surface area (Å²) in [5, 5.41) is 10.5. The zero-order valence-corrected chi connectivity index (χ0v) is 12.6. The van der Waals surface area contributed by atoms with Crippen molar-refractivity contribution in [2.24, 2.45) is 5.73 Å². The lowest BCUT2D eigenvalue weighted by atomic mass is 9.95. The highest BCUT2D eigenvalue weighted by Gasteiger charge is 2.48. The smallest absolute Gasteiger partial charge is 0.379 e. The van der Waals surface area contributed by atoms with Crippen LogP contribution >= 0.6 is 12.4 Å². The third kappa shape index (κ3) is 3.13. The summed E-state index contributed by atoms with van der Waals surface area (Å²) in [7, 11) is 0. The van der Waals surface area contributed by atoms with Crippen LogP contribution in [0.15, 0.2) is 36.4 Å². The third-order valence-electron chi connectivity index (χ3n) is 3.21. The Hall–Kier alpha value is -1.92. The Kier molecular flexibility index (Phi) is 5.68. The van der Waals surface area contributed by atoms with Crippen molar-refractivity contribution in [1.29, 1.82) is 0 Å². The SMILES string of the molecule is CCOC(=O)C(F)(F)[C@@H](N)c1ccc(O)c2ccccc12.Cl. The number of carbonyl (C=O) groups is 1. The maximum Gasteiger partial charge on any atom is 0.379 e. The van der Waals surface area contributed by atoms with Crippen LogP contribution in [0.3, 0.4) is 0 Å². The predicted octanol–water partition coefficient (Wildman–Crippen LogP) is 3.17. The highest BCUT2D eigenvalue weighted by molar-refractivity contribution is 5.92. The number of hydrogen-bond donors (Lipinski definition) is 2. The van der Waals surface area contributed by atoms with E-state index in [1.807, 2.05) is 0 Å². The maximum atomic E-state index is 14.0. The largest absolute Gasteiger partial charge is 0.507 e. The van der Waals surface area contributed by atoms with E-state index in [0.717, 1.165) is 0 Å². The molecular formula is C15H16ClF2NO3. The van der Waals surface area contributed by atoms with Crippen molar-refractivity contribution in [2.45, 2.75) is 18.9 Å². The van der Waals surface area contributed by atoms with E-state index < -0.39 is 17.9 Å². The van der Waals surface area contributed by atoms with Crippen LogP contribution in [-0.2, 0) is 9.53 Å². The number of halogens is 3. The van der Waals surface area contributed by atoms with Crippen LogP contribution < -0.4 is 5.73 Å². The number of nitrogens with two attached hydrogens (primary N) is 1. The van der Waals surface area contributed by atoms with Gasteiger partial charge in [0.2, 0.25) is 0 Å². The summed E-state index contributed by atoms with van der Waals surface area (Å²) in [5.41, 5.74) is 5.66. The predicted molar refractivity (Wildman–Crippen MR) is 81.4 cm³/mol. The number of benzene rings is 2. The Morgan fingerprint density at radius 1 is 1.27 bits per heavy atom. The zero-order valence-electron chi connectivity index (χ0n) is 11.8. The topological polar surface area (TPSA) is 72.5 Å². The molecule has 2 rings (SSSR count). The second kappa shape index (κ2) is 6.89. The van der Waals surface area contributed by atoms with E-state index in [4.69, 9.17) is 5.73 Å². The van der Waals surface area contributed by atoms with Crippen LogP contribution in [0.4, 0.5) is 8.78 Å². The molecule has 120 valence electrons. The molecule has 0 unspecified atom stereocenters. The molecule has 7 heteroatoms. The number of phenolic OH excluding ortho intramolecular Hbond substituents is 1. The minimum absolute atomic E-state index is 0. The summed E-state index contributed by atoms with van der Waals surface area (Å²) >= 11 is 0. The first-order valence-corrected chi connectivity index (χ1v) is 6.40. The minimum atomic E-state index is -3.85. The fourth-order valence-corrected chi connectivity index (χ4v) is 2.13. The number of phenols is 1. The summed E-state index contributed by atoms with van der Waals surface area (Å²) < 4.78 is 32.5. The molecule has 0 saturated heterocycles.